The van der Waals surface area contributed by atoms with E-state index in [2.05, 4.69) is 23.2 Å². The van der Waals surface area contributed by atoms with Crippen LogP contribution in [0.5, 0.6) is 0 Å². The number of nitrogens with one attached hydrogen (secondary N) is 1. The molecule has 0 spiro atoms. The third kappa shape index (κ3) is 2.97. The summed E-state index contributed by atoms with van der Waals surface area (Å²) in [6.07, 6.45) is 0.806. The van der Waals surface area contributed by atoms with Gasteiger partial charge in [0.1, 0.15) is 0 Å². The summed E-state index contributed by atoms with van der Waals surface area (Å²) in [5.41, 5.74) is 1.68. The third-order valence-electron chi connectivity index (χ3n) is 3.44. The minimum atomic E-state index is -0.586. The van der Waals surface area contributed by atoms with E-state index in [0.717, 1.165) is 42.3 Å². The lowest BCUT2D eigenvalue weighted by Gasteiger charge is -2.24. The van der Waals surface area contributed by atoms with Crippen LogP contribution in [-0.2, 0) is 6.54 Å². The summed E-state index contributed by atoms with van der Waals surface area (Å²) < 4.78 is 0. The summed E-state index contributed by atoms with van der Waals surface area (Å²) in [4.78, 5) is 2.22. The summed E-state index contributed by atoms with van der Waals surface area (Å²) in [5.74, 6) is 0. The molecule has 4 heteroatoms. The summed E-state index contributed by atoms with van der Waals surface area (Å²) >= 11 is 6.29. The maximum Gasteiger partial charge on any atom is 0.0810 e. The second-order valence-corrected chi connectivity index (χ2v) is 5.59. The van der Waals surface area contributed by atoms with Gasteiger partial charge in [-0.05, 0) is 32.0 Å². The van der Waals surface area contributed by atoms with E-state index in [-0.39, 0.29) is 0 Å². The van der Waals surface area contributed by atoms with E-state index < -0.39 is 5.60 Å². The molecule has 1 unspecified atom stereocenters. The maximum atomic E-state index is 10.1. The van der Waals surface area contributed by atoms with E-state index in [9.17, 15) is 5.11 Å². The molecule has 2 rings (SSSR count). The lowest BCUT2D eigenvalue weighted by Crippen LogP contribution is -2.30. The van der Waals surface area contributed by atoms with Crippen LogP contribution < -0.4 is 10.2 Å². The molecule has 100 valence electrons. The molecule has 1 fully saturated rings. The van der Waals surface area contributed by atoms with Gasteiger partial charge in [-0.15, -0.1) is 0 Å². The van der Waals surface area contributed by atoms with Gasteiger partial charge in [-0.3, -0.25) is 0 Å². The molecule has 0 saturated carbocycles. The van der Waals surface area contributed by atoms with Crippen LogP contribution in [0.1, 0.15) is 25.8 Å². The van der Waals surface area contributed by atoms with Gasteiger partial charge in [0, 0.05) is 35.9 Å². The van der Waals surface area contributed by atoms with E-state index in [0.29, 0.717) is 6.54 Å². The van der Waals surface area contributed by atoms with Gasteiger partial charge in [0.15, 0.2) is 0 Å². The molecule has 1 atom stereocenters. The fraction of sp³-hybridized carbons (Fsp3) is 0.571. The van der Waals surface area contributed by atoms with Gasteiger partial charge in [0.05, 0.1) is 5.60 Å². The van der Waals surface area contributed by atoms with Gasteiger partial charge >= 0.3 is 0 Å². The minimum absolute atomic E-state index is 0.586. The molecular formula is C14H21ClN2O. The first-order valence-corrected chi connectivity index (χ1v) is 6.87. The van der Waals surface area contributed by atoms with Gasteiger partial charge in [0.25, 0.3) is 0 Å². The fourth-order valence-corrected chi connectivity index (χ4v) is 2.66. The smallest absolute Gasteiger partial charge is 0.0810 e. The van der Waals surface area contributed by atoms with Crippen LogP contribution in [0.15, 0.2) is 18.2 Å². The van der Waals surface area contributed by atoms with E-state index in [4.69, 9.17) is 11.6 Å². The van der Waals surface area contributed by atoms with Crippen molar-refractivity contribution in [2.75, 3.05) is 24.5 Å². The van der Waals surface area contributed by atoms with Crippen LogP contribution in [0.3, 0.4) is 0 Å². The van der Waals surface area contributed by atoms with E-state index in [1.165, 1.54) is 0 Å². The Hall–Kier alpha value is -0.770. The topological polar surface area (TPSA) is 35.5 Å². The highest BCUT2D eigenvalue weighted by atomic mass is 35.5. The number of aliphatic hydroxyl groups is 1. The Kier molecular flexibility index (Phi) is 4.15. The highest BCUT2D eigenvalue weighted by Crippen LogP contribution is 2.32. The zero-order valence-electron chi connectivity index (χ0n) is 11.0. The van der Waals surface area contributed by atoms with Crippen molar-refractivity contribution in [3.05, 3.63) is 28.8 Å². The lowest BCUT2D eigenvalue weighted by molar-refractivity contribution is 0.0839. The minimum Gasteiger partial charge on any atom is -0.388 e. The van der Waals surface area contributed by atoms with Crippen molar-refractivity contribution in [3.63, 3.8) is 0 Å². The zero-order valence-corrected chi connectivity index (χ0v) is 11.8. The number of benzene rings is 1. The molecule has 0 bridgehead atoms. The molecule has 0 aliphatic carbocycles. The molecule has 18 heavy (non-hydrogen) atoms. The molecule has 3 nitrogen and oxygen atoms in total. The number of rotatable bonds is 4. The van der Waals surface area contributed by atoms with Crippen molar-refractivity contribution in [1.82, 2.24) is 5.32 Å². The van der Waals surface area contributed by atoms with Crippen LogP contribution in [0.4, 0.5) is 5.69 Å². The average molecular weight is 269 g/mol. The quantitative estimate of drug-likeness (QED) is 0.880. The third-order valence-corrected chi connectivity index (χ3v) is 3.79. The molecule has 1 saturated heterocycles. The highest BCUT2D eigenvalue weighted by Gasteiger charge is 2.32. The largest absolute Gasteiger partial charge is 0.388 e. The predicted octanol–water partition coefficient (Wildman–Crippen LogP) is 2.41. The monoisotopic (exact) mass is 268 g/mol. The zero-order chi connectivity index (χ0) is 13.2. The number of halogens is 1. The number of nitrogens with zero attached hydrogens (tertiary/aromatic N) is 1. The van der Waals surface area contributed by atoms with Crippen molar-refractivity contribution in [1.29, 1.82) is 0 Å². The first-order chi connectivity index (χ1) is 8.53. The Bertz CT molecular complexity index is 420. The van der Waals surface area contributed by atoms with Crippen molar-refractivity contribution in [2.45, 2.75) is 32.4 Å². The molecule has 0 aromatic heterocycles. The first kappa shape index (κ1) is 13.7. The van der Waals surface area contributed by atoms with Crippen molar-refractivity contribution < 1.29 is 5.11 Å². The Morgan fingerprint density at radius 2 is 2.28 bits per heavy atom. The molecule has 1 aliphatic heterocycles. The van der Waals surface area contributed by atoms with Crippen molar-refractivity contribution in [2.24, 2.45) is 0 Å². The van der Waals surface area contributed by atoms with Gasteiger partial charge < -0.3 is 15.3 Å². The van der Waals surface area contributed by atoms with Gasteiger partial charge in [-0.25, -0.2) is 0 Å². The average Bonchev–Trinajstić information content (AvgIpc) is 2.68. The molecule has 1 aliphatic rings. The number of anilines is 1. The maximum absolute atomic E-state index is 10.1. The van der Waals surface area contributed by atoms with E-state index >= 15 is 0 Å². The molecule has 1 aromatic carbocycles. The molecule has 2 N–H and O–H groups in total. The van der Waals surface area contributed by atoms with Gasteiger partial charge in [0.2, 0.25) is 0 Å². The SMILES string of the molecule is CCNCc1c(Cl)cccc1N1CCC(C)(O)C1. The predicted molar refractivity (Wildman–Crippen MR) is 76.3 cm³/mol. The van der Waals surface area contributed by atoms with Gasteiger partial charge in [-0.1, -0.05) is 24.6 Å². The molecule has 0 amide bonds. The summed E-state index contributed by atoms with van der Waals surface area (Å²) in [6.45, 7) is 7.21. The Balaban J connectivity index is 2.24. The molecule has 1 heterocycles. The van der Waals surface area contributed by atoms with Crippen molar-refractivity contribution in [3.8, 4) is 0 Å². The number of hydrogen-bond donors (Lipinski definition) is 2. The van der Waals surface area contributed by atoms with Gasteiger partial charge in [-0.2, -0.15) is 0 Å². The lowest BCUT2D eigenvalue weighted by atomic mass is 10.1. The fourth-order valence-electron chi connectivity index (χ4n) is 2.42. The van der Waals surface area contributed by atoms with Crippen LogP contribution >= 0.6 is 11.6 Å². The standard InChI is InChI=1S/C14H21ClN2O/c1-3-16-9-11-12(15)5-4-6-13(11)17-8-7-14(2,18)10-17/h4-6,16,18H,3,7-10H2,1-2H3. The Morgan fingerprint density at radius 1 is 1.50 bits per heavy atom. The molecule has 0 radical (unpaired) electrons. The number of β-amino-alcohol motifs (C(OH)–C–C–N with tert-alkyl or cyclic N) is 1. The van der Waals surface area contributed by atoms with Crippen LogP contribution in [0.2, 0.25) is 5.02 Å². The van der Waals surface area contributed by atoms with Crippen LogP contribution in [0, 0.1) is 0 Å². The summed E-state index contributed by atoms with van der Waals surface area (Å²) in [6, 6.07) is 5.98. The number of hydrogen-bond acceptors (Lipinski definition) is 3. The Labute approximate surface area is 114 Å². The summed E-state index contributed by atoms with van der Waals surface area (Å²) in [7, 11) is 0. The van der Waals surface area contributed by atoms with Crippen LogP contribution in [-0.4, -0.2) is 30.3 Å². The van der Waals surface area contributed by atoms with E-state index in [1.807, 2.05) is 19.1 Å². The Morgan fingerprint density at radius 3 is 2.89 bits per heavy atom. The normalized spacial score (nSPS) is 23.7. The van der Waals surface area contributed by atoms with Crippen LogP contribution in [0.25, 0.3) is 0 Å². The first-order valence-electron chi connectivity index (χ1n) is 6.49. The second kappa shape index (κ2) is 5.47. The van der Waals surface area contributed by atoms with E-state index in [1.54, 1.807) is 0 Å². The van der Waals surface area contributed by atoms with Crippen molar-refractivity contribution >= 4 is 17.3 Å². The summed E-state index contributed by atoms with van der Waals surface area (Å²) in [5, 5.41) is 14.2. The molecular weight excluding hydrogens is 248 g/mol. The second-order valence-electron chi connectivity index (χ2n) is 5.19. The molecule has 1 aromatic rings. The highest BCUT2D eigenvalue weighted by molar-refractivity contribution is 6.31.